The molecule has 3 unspecified atom stereocenters. The van der Waals surface area contributed by atoms with Crippen molar-refractivity contribution >= 4 is 13.7 Å². The molecule has 0 aliphatic carbocycles. The van der Waals surface area contributed by atoms with Crippen LogP contribution in [0.15, 0.2) is 24.3 Å². The summed E-state index contributed by atoms with van der Waals surface area (Å²) in [7, 11) is 1.27. The van der Waals surface area contributed by atoms with Crippen LogP contribution in [-0.2, 0) is 18.4 Å². The summed E-state index contributed by atoms with van der Waals surface area (Å²) < 4.78 is 23.3. The van der Waals surface area contributed by atoms with E-state index in [0.29, 0.717) is 17.4 Å². The molecule has 0 fully saturated rings. The molecule has 2 N–H and O–H groups in total. The third-order valence-corrected chi connectivity index (χ3v) is 13.9. The van der Waals surface area contributed by atoms with Gasteiger partial charge in [-0.2, -0.15) is 0 Å². The number of hydrogen-bond acceptors (Lipinski definition) is 6. The lowest BCUT2D eigenvalue weighted by atomic mass is 10.0. The first kappa shape index (κ1) is 64.0. The van der Waals surface area contributed by atoms with E-state index >= 15 is 0 Å². The molecule has 0 spiro atoms. The van der Waals surface area contributed by atoms with Crippen molar-refractivity contribution in [2.75, 3.05) is 40.9 Å². The number of unbranched alkanes of at least 4 members (excludes halogenated alkanes) is 37. The van der Waals surface area contributed by atoms with E-state index < -0.39 is 20.0 Å². The van der Waals surface area contributed by atoms with Gasteiger partial charge in [0.25, 0.3) is 7.82 Å². The van der Waals surface area contributed by atoms with Gasteiger partial charge in [-0.1, -0.05) is 250 Å². The van der Waals surface area contributed by atoms with Crippen LogP contribution in [0.3, 0.4) is 0 Å². The van der Waals surface area contributed by atoms with Gasteiger partial charge in [-0.15, -0.1) is 0 Å². The van der Waals surface area contributed by atoms with E-state index in [1.807, 2.05) is 27.2 Å². The number of rotatable bonds is 52. The number of amides is 1. The molecule has 3 atom stereocenters. The van der Waals surface area contributed by atoms with E-state index in [1.165, 1.54) is 205 Å². The number of allylic oxidation sites excluding steroid dienone is 3. The number of nitrogens with zero attached hydrogens (tertiary/aromatic N) is 1. The highest BCUT2D eigenvalue weighted by Gasteiger charge is 2.23. The van der Waals surface area contributed by atoms with E-state index in [0.717, 1.165) is 51.4 Å². The largest absolute Gasteiger partial charge is 0.756 e. The fraction of sp³-hybridized carbons (Fsp3) is 0.911. The van der Waals surface area contributed by atoms with Crippen molar-refractivity contribution in [3.8, 4) is 0 Å². The van der Waals surface area contributed by atoms with E-state index in [9.17, 15) is 19.4 Å². The number of hydrogen-bond donors (Lipinski definition) is 2. The Bertz CT molecular complexity index is 1110. The number of carbonyl (C=O) groups is 1. The molecule has 65 heavy (non-hydrogen) atoms. The third kappa shape index (κ3) is 50.7. The zero-order chi connectivity index (χ0) is 47.8. The molecule has 1 amide bonds. The molecule has 8 nitrogen and oxygen atoms in total. The van der Waals surface area contributed by atoms with Gasteiger partial charge in [0, 0.05) is 6.42 Å². The summed E-state index contributed by atoms with van der Waals surface area (Å²) in [5.74, 6) is -0.202. The molecule has 0 heterocycles. The minimum absolute atomic E-state index is 0.00102. The van der Waals surface area contributed by atoms with Crippen LogP contribution in [0.1, 0.15) is 277 Å². The maximum atomic E-state index is 12.9. The number of phosphoric acid groups is 1. The summed E-state index contributed by atoms with van der Waals surface area (Å²) in [6, 6.07) is -0.889. The Labute approximate surface area is 404 Å². The summed E-state index contributed by atoms with van der Waals surface area (Å²) in [4.78, 5) is 25.5. The van der Waals surface area contributed by atoms with Crippen LogP contribution < -0.4 is 10.2 Å². The highest BCUT2D eigenvalue weighted by Crippen LogP contribution is 2.38. The third-order valence-electron chi connectivity index (χ3n) is 12.9. The van der Waals surface area contributed by atoms with Gasteiger partial charge < -0.3 is 28.8 Å². The standard InChI is InChI=1S/C56H111N2O6P/c1-6-8-10-12-14-16-18-20-22-24-26-27-28-29-30-31-32-33-35-37-39-41-43-45-47-49-55(59)54(53-64-65(61,62)63-52-51-58(3,4)5)57-56(60)50-48-46-44-42-40-38-36-34-25-23-21-19-17-15-13-11-9-7-2/h34,36,47,49,54-55,59H,6-33,35,37-46,48,50-53H2,1-5H3,(H-,57,60,61,62)/b36-34-,49-47+. The zero-order valence-electron chi connectivity index (χ0n) is 44.0. The number of aliphatic hydroxyl groups is 1. The Morgan fingerprint density at radius 1 is 0.523 bits per heavy atom. The van der Waals surface area contributed by atoms with E-state index in [4.69, 9.17) is 9.05 Å². The quantitative estimate of drug-likeness (QED) is 0.0272. The first-order valence-corrected chi connectivity index (χ1v) is 29.7. The highest BCUT2D eigenvalue weighted by molar-refractivity contribution is 7.45. The summed E-state index contributed by atoms with van der Waals surface area (Å²) in [6.45, 7) is 4.68. The van der Waals surface area contributed by atoms with Crippen molar-refractivity contribution in [2.24, 2.45) is 0 Å². The predicted octanol–water partition coefficient (Wildman–Crippen LogP) is 16.2. The van der Waals surface area contributed by atoms with Crippen molar-refractivity contribution in [2.45, 2.75) is 289 Å². The average Bonchev–Trinajstić information content (AvgIpc) is 3.26. The van der Waals surface area contributed by atoms with Crippen LogP contribution in [0.4, 0.5) is 0 Å². The van der Waals surface area contributed by atoms with Crippen molar-refractivity contribution < 1.29 is 32.9 Å². The summed E-state index contributed by atoms with van der Waals surface area (Å²) in [5.41, 5.74) is 0. The molecule has 386 valence electrons. The smallest absolute Gasteiger partial charge is 0.268 e. The van der Waals surface area contributed by atoms with Crippen LogP contribution in [-0.4, -0.2) is 68.5 Å². The van der Waals surface area contributed by atoms with Gasteiger partial charge in [0.1, 0.15) is 13.2 Å². The lowest BCUT2D eigenvalue weighted by Gasteiger charge is -2.29. The Morgan fingerprint density at radius 2 is 0.846 bits per heavy atom. The molecule has 0 bridgehead atoms. The lowest BCUT2D eigenvalue weighted by Crippen LogP contribution is -2.45. The second-order valence-electron chi connectivity index (χ2n) is 20.6. The summed E-state index contributed by atoms with van der Waals surface area (Å²) >= 11 is 0. The topological polar surface area (TPSA) is 108 Å². The normalized spacial score (nSPS) is 14.1. The second kappa shape index (κ2) is 48.0. The molecular weight excluding hydrogens is 828 g/mol. The number of carbonyl (C=O) groups excluding carboxylic acids is 1. The fourth-order valence-electron chi connectivity index (χ4n) is 8.44. The molecular formula is C56H111N2O6P. The van der Waals surface area contributed by atoms with Crippen molar-refractivity contribution in [1.29, 1.82) is 0 Å². The van der Waals surface area contributed by atoms with Crippen molar-refractivity contribution in [3.63, 3.8) is 0 Å². The molecule has 0 aliphatic heterocycles. The molecule has 0 aliphatic rings. The van der Waals surface area contributed by atoms with Crippen molar-refractivity contribution in [3.05, 3.63) is 24.3 Å². The van der Waals surface area contributed by atoms with Gasteiger partial charge in [-0.05, 0) is 44.9 Å². The number of nitrogens with one attached hydrogen (secondary N) is 1. The molecule has 0 rings (SSSR count). The Morgan fingerprint density at radius 3 is 1.20 bits per heavy atom. The zero-order valence-corrected chi connectivity index (χ0v) is 44.9. The van der Waals surface area contributed by atoms with Gasteiger partial charge in [0.15, 0.2) is 0 Å². The van der Waals surface area contributed by atoms with Gasteiger partial charge >= 0.3 is 0 Å². The molecule has 0 aromatic rings. The van der Waals surface area contributed by atoms with Crippen LogP contribution >= 0.6 is 7.82 Å². The second-order valence-corrected chi connectivity index (χ2v) is 22.1. The number of likely N-dealkylation sites (N-methyl/N-ethyl adjacent to an activating group) is 1. The maximum Gasteiger partial charge on any atom is 0.268 e. The molecule has 0 saturated heterocycles. The summed E-state index contributed by atoms with van der Waals surface area (Å²) in [5, 5.41) is 13.9. The molecule has 0 aromatic heterocycles. The van der Waals surface area contributed by atoms with E-state index in [-0.39, 0.29) is 19.1 Å². The van der Waals surface area contributed by atoms with Crippen molar-refractivity contribution in [1.82, 2.24) is 5.32 Å². The van der Waals surface area contributed by atoms with Gasteiger partial charge in [0.2, 0.25) is 5.91 Å². The minimum Gasteiger partial charge on any atom is -0.756 e. The molecule has 0 radical (unpaired) electrons. The highest BCUT2D eigenvalue weighted by atomic mass is 31.2. The monoisotopic (exact) mass is 939 g/mol. The Balaban J connectivity index is 4.22. The number of phosphoric ester groups is 1. The Hall–Kier alpha value is -1.02. The van der Waals surface area contributed by atoms with Gasteiger partial charge in [-0.3, -0.25) is 9.36 Å². The first-order chi connectivity index (χ1) is 31.5. The minimum atomic E-state index is -4.60. The summed E-state index contributed by atoms with van der Waals surface area (Å²) in [6.07, 6.45) is 59.6. The number of aliphatic hydroxyl groups excluding tert-OH is 1. The lowest BCUT2D eigenvalue weighted by molar-refractivity contribution is -0.870. The van der Waals surface area contributed by atoms with E-state index in [1.54, 1.807) is 6.08 Å². The average molecular weight is 939 g/mol. The van der Waals surface area contributed by atoms with Crippen LogP contribution in [0.2, 0.25) is 0 Å². The Kier molecular flexibility index (Phi) is 47.3. The maximum absolute atomic E-state index is 12.9. The molecule has 0 aromatic carbocycles. The van der Waals surface area contributed by atoms with Crippen LogP contribution in [0.5, 0.6) is 0 Å². The molecule has 9 heteroatoms. The van der Waals surface area contributed by atoms with Gasteiger partial charge in [0.05, 0.1) is 39.9 Å². The number of quaternary nitrogens is 1. The molecule has 0 saturated carbocycles. The van der Waals surface area contributed by atoms with Gasteiger partial charge in [-0.25, -0.2) is 0 Å². The first-order valence-electron chi connectivity index (χ1n) is 28.2. The van der Waals surface area contributed by atoms with Crippen LogP contribution in [0.25, 0.3) is 0 Å². The predicted molar refractivity (Wildman–Crippen MR) is 279 cm³/mol. The SMILES string of the molecule is CCCCCCCCCCC/C=C\CCCCCCCC(=O)NC(COP(=O)([O-])OCC[N+](C)(C)C)C(O)/C=C/CCCCCCCCCCCCCCCCCCCCCCCCC. The fourth-order valence-corrected chi connectivity index (χ4v) is 9.17. The van der Waals surface area contributed by atoms with E-state index in [2.05, 4.69) is 31.3 Å². The van der Waals surface area contributed by atoms with Crippen LogP contribution in [0, 0.1) is 0 Å².